The second-order valence-electron chi connectivity index (χ2n) is 7.42. The Hall–Kier alpha value is -1.22. The van der Waals surface area contributed by atoms with Crippen LogP contribution in [-0.4, -0.2) is 32.6 Å². The first-order chi connectivity index (χ1) is 14.8. The van der Waals surface area contributed by atoms with Gasteiger partial charge in [-0.1, -0.05) is 49.9 Å². The van der Waals surface area contributed by atoms with Crippen molar-refractivity contribution in [3.8, 4) is 0 Å². The number of allylic oxidation sites excluding steroid dienone is 2. The summed E-state index contributed by atoms with van der Waals surface area (Å²) in [5.74, 6) is 0.867. The summed E-state index contributed by atoms with van der Waals surface area (Å²) in [4.78, 5) is 12.8. The number of benzene rings is 1. The van der Waals surface area contributed by atoms with Gasteiger partial charge in [-0.15, -0.1) is 0 Å². The molecule has 3 aromatic rings. The molecule has 1 saturated heterocycles. The molecule has 5 rings (SSSR count). The number of likely N-dealkylation sites (tertiary alicyclic amines) is 1. The number of nitrogens with zero attached hydrogens (tertiary/aromatic N) is 5. The van der Waals surface area contributed by atoms with Crippen LogP contribution in [0.15, 0.2) is 53.9 Å². The van der Waals surface area contributed by atoms with E-state index in [2.05, 4.69) is 44.7 Å². The van der Waals surface area contributed by atoms with E-state index in [1.54, 1.807) is 0 Å². The van der Waals surface area contributed by atoms with E-state index >= 15 is 0 Å². The summed E-state index contributed by atoms with van der Waals surface area (Å²) in [5, 5.41) is 5.76. The molecular weight excluding hydrogens is 413 g/mol. The number of hydrogen-bond acceptors (Lipinski definition) is 4. The van der Waals surface area contributed by atoms with Crippen LogP contribution in [0.1, 0.15) is 51.0 Å². The van der Waals surface area contributed by atoms with E-state index in [1.807, 2.05) is 43.5 Å². The SMILES string of the molecule is CC.Cc1nc2ccccc2c2cc(CO[N-]C3=CCCC=C3N3CCCC3)nn12.[K+]. The van der Waals surface area contributed by atoms with Crippen molar-refractivity contribution in [1.82, 2.24) is 19.5 Å². The molecule has 31 heavy (non-hydrogen) atoms. The maximum absolute atomic E-state index is 5.72. The molecule has 0 saturated carbocycles. The van der Waals surface area contributed by atoms with Gasteiger partial charge in [0.1, 0.15) is 5.82 Å². The van der Waals surface area contributed by atoms with E-state index < -0.39 is 0 Å². The van der Waals surface area contributed by atoms with Crippen LogP contribution in [0.3, 0.4) is 0 Å². The third-order valence-corrected chi connectivity index (χ3v) is 5.46. The minimum Gasteiger partial charge on any atom is -0.560 e. The number of rotatable bonds is 5. The topological polar surface area (TPSA) is 56.8 Å². The standard InChI is InChI=1S/C22H24N5O.C2H6.K/c1-16-23-19-9-3-2-8-18(19)22-14-17(24-27(16)22)15-28-25-20-10-4-5-11-21(20)26-12-6-7-13-26;1-2;/h2-3,8-11,14H,4-7,12-13,15H2,1H3;1-2H3;/q-1;;+1. The largest absolute Gasteiger partial charge is 1.00 e. The average molecular weight is 444 g/mol. The fourth-order valence-electron chi connectivity index (χ4n) is 4.10. The molecule has 1 aliphatic heterocycles. The fraction of sp³-hybridized carbons (Fsp3) is 0.417. The van der Waals surface area contributed by atoms with Crippen molar-refractivity contribution in [3.63, 3.8) is 0 Å². The van der Waals surface area contributed by atoms with E-state index in [0.717, 1.165) is 59.6 Å². The minimum absolute atomic E-state index is 0. The van der Waals surface area contributed by atoms with Crippen LogP contribution in [0.4, 0.5) is 0 Å². The first kappa shape index (κ1) is 24.4. The predicted octanol–water partition coefficient (Wildman–Crippen LogP) is 2.68. The molecule has 0 unspecified atom stereocenters. The van der Waals surface area contributed by atoms with Crippen LogP contribution < -0.4 is 51.4 Å². The van der Waals surface area contributed by atoms with Gasteiger partial charge in [-0.25, -0.2) is 9.50 Å². The van der Waals surface area contributed by atoms with Gasteiger partial charge < -0.3 is 15.2 Å². The van der Waals surface area contributed by atoms with Gasteiger partial charge in [-0.3, -0.25) is 0 Å². The van der Waals surface area contributed by atoms with Crippen molar-refractivity contribution < 1.29 is 56.2 Å². The third-order valence-electron chi connectivity index (χ3n) is 5.46. The summed E-state index contributed by atoms with van der Waals surface area (Å²) in [6, 6.07) is 10.2. The van der Waals surface area contributed by atoms with E-state index in [-0.39, 0.29) is 51.4 Å². The molecule has 0 N–H and O–H groups in total. The first-order valence-corrected chi connectivity index (χ1v) is 11.0. The molecule has 158 valence electrons. The van der Waals surface area contributed by atoms with Gasteiger partial charge in [0.15, 0.2) is 0 Å². The molecular formula is C24H30KN5O. The van der Waals surface area contributed by atoms with Crippen molar-refractivity contribution in [2.24, 2.45) is 0 Å². The molecule has 0 atom stereocenters. The second-order valence-corrected chi connectivity index (χ2v) is 7.42. The zero-order valence-corrected chi connectivity index (χ0v) is 22.3. The van der Waals surface area contributed by atoms with Crippen LogP contribution in [0.2, 0.25) is 0 Å². The van der Waals surface area contributed by atoms with Crippen LogP contribution in [0, 0.1) is 6.92 Å². The molecule has 2 aromatic heterocycles. The summed E-state index contributed by atoms with van der Waals surface area (Å²) in [6.45, 7) is 8.55. The predicted molar refractivity (Wildman–Crippen MR) is 121 cm³/mol. The Kier molecular flexibility index (Phi) is 9.13. The Labute approximate surface area is 227 Å². The summed E-state index contributed by atoms with van der Waals surface area (Å²) < 4.78 is 1.89. The maximum Gasteiger partial charge on any atom is 1.00 e. The summed E-state index contributed by atoms with van der Waals surface area (Å²) in [6.07, 6.45) is 9.09. The summed E-state index contributed by atoms with van der Waals surface area (Å²) in [7, 11) is 0. The number of para-hydroxylation sites is 1. The van der Waals surface area contributed by atoms with Crippen LogP contribution in [-0.2, 0) is 11.4 Å². The number of hydroxylamine groups is 1. The molecule has 0 bridgehead atoms. The molecule has 0 spiro atoms. The Morgan fingerprint density at radius 3 is 2.61 bits per heavy atom. The zero-order chi connectivity index (χ0) is 20.9. The van der Waals surface area contributed by atoms with Crippen molar-refractivity contribution in [2.45, 2.75) is 53.1 Å². The monoisotopic (exact) mass is 443 g/mol. The molecule has 3 heterocycles. The van der Waals surface area contributed by atoms with Crippen molar-refractivity contribution >= 4 is 16.4 Å². The molecule has 6 nitrogen and oxygen atoms in total. The maximum atomic E-state index is 5.72. The van der Waals surface area contributed by atoms with Gasteiger partial charge in [0, 0.05) is 24.2 Å². The number of aromatic nitrogens is 3. The van der Waals surface area contributed by atoms with Crippen molar-refractivity contribution in [3.05, 3.63) is 70.9 Å². The third kappa shape index (κ3) is 5.41. The van der Waals surface area contributed by atoms with Crippen LogP contribution in [0.25, 0.3) is 21.9 Å². The van der Waals surface area contributed by atoms with Gasteiger partial charge in [0.05, 0.1) is 23.3 Å². The minimum atomic E-state index is 0. The number of aryl methyl sites for hydroxylation is 1. The zero-order valence-electron chi connectivity index (χ0n) is 19.1. The van der Waals surface area contributed by atoms with Crippen LogP contribution in [0.5, 0.6) is 0 Å². The van der Waals surface area contributed by atoms with Gasteiger partial charge in [-0.2, -0.15) is 5.10 Å². The normalized spacial score (nSPS) is 15.8. The van der Waals surface area contributed by atoms with E-state index in [0.29, 0.717) is 6.61 Å². The molecule has 0 radical (unpaired) electrons. The van der Waals surface area contributed by atoms with E-state index in [9.17, 15) is 0 Å². The Balaban J connectivity index is 0.000000883. The molecule has 2 aliphatic rings. The van der Waals surface area contributed by atoms with Crippen molar-refractivity contribution in [2.75, 3.05) is 13.1 Å². The van der Waals surface area contributed by atoms with Crippen LogP contribution >= 0.6 is 0 Å². The number of fused-ring (bicyclic) bond motifs is 3. The van der Waals surface area contributed by atoms with Gasteiger partial charge in [-0.05, 0) is 44.7 Å². The molecule has 1 aromatic carbocycles. The van der Waals surface area contributed by atoms with E-state index in [1.165, 1.54) is 18.5 Å². The molecule has 7 heteroatoms. The van der Waals surface area contributed by atoms with Gasteiger partial charge in [0.2, 0.25) is 0 Å². The smallest absolute Gasteiger partial charge is 0.560 e. The molecule has 0 amide bonds. The number of hydrogen-bond donors (Lipinski definition) is 0. The van der Waals surface area contributed by atoms with Crippen molar-refractivity contribution in [1.29, 1.82) is 0 Å². The quantitative estimate of drug-likeness (QED) is 0.449. The second kappa shape index (κ2) is 11.6. The molecule has 1 fully saturated rings. The van der Waals surface area contributed by atoms with E-state index in [4.69, 9.17) is 4.84 Å². The first-order valence-electron chi connectivity index (χ1n) is 11.0. The van der Waals surface area contributed by atoms with Gasteiger partial charge >= 0.3 is 51.4 Å². The molecule has 1 aliphatic carbocycles. The summed E-state index contributed by atoms with van der Waals surface area (Å²) in [5.41, 5.74) is 9.52. The Bertz CT molecular complexity index is 1080. The summed E-state index contributed by atoms with van der Waals surface area (Å²) >= 11 is 0. The Morgan fingerprint density at radius 2 is 1.81 bits per heavy atom. The average Bonchev–Trinajstić information content (AvgIpc) is 3.46. The Morgan fingerprint density at radius 1 is 1.06 bits per heavy atom. The van der Waals surface area contributed by atoms with Gasteiger partial charge in [0.25, 0.3) is 0 Å². The fourth-order valence-corrected chi connectivity index (χ4v) is 4.10.